The van der Waals surface area contributed by atoms with Gasteiger partial charge in [-0.2, -0.15) is 0 Å². The molecule has 4 nitrogen and oxygen atoms in total. The van der Waals surface area contributed by atoms with Crippen molar-refractivity contribution in [3.8, 4) is 0 Å². The van der Waals surface area contributed by atoms with E-state index in [-0.39, 0.29) is 11.8 Å². The number of imide groups is 1. The maximum Gasteiger partial charge on any atom is 0.270 e. The topological polar surface area (TPSA) is 49.7 Å². The van der Waals surface area contributed by atoms with Crippen molar-refractivity contribution in [3.63, 3.8) is 0 Å². The number of carbonyl (C=O) groups is 2. The summed E-state index contributed by atoms with van der Waals surface area (Å²) in [5, 5.41) is 0. The van der Waals surface area contributed by atoms with Gasteiger partial charge in [-0.25, -0.2) is 0 Å². The molecule has 12 heavy (non-hydrogen) atoms. The molecule has 4 heteroatoms. The van der Waals surface area contributed by atoms with Crippen LogP contribution in [0.2, 0.25) is 0 Å². The third-order valence-electron chi connectivity index (χ3n) is 1.43. The molecule has 0 aromatic carbocycles. The van der Waals surface area contributed by atoms with Crippen LogP contribution in [-0.4, -0.2) is 36.0 Å². The summed E-state index contributed by atoms with van der Waals surface area (Å²) in [6.07, 6.45) is 1.17. The van der Waals surface area contributed by atoms with Gasteiger partial charge >= 0.3 is 0 Å². The van der Waals surface area contributed by atoms with Gasteiger partial charge in [0.15, 0.2) is 0 Å². The minimum atomic E-state index is -0.400. The number of likely N-dealkylation sites (N-methyl/N-ethyl adjacent to an activating group) is 1. The Morgan fingerprint density at radius 1 is 1.42 bits per heavy atom. The molecule has 0 radical (unpaired) electrons. The zero-order chi connectivity index (χ0) is 9.72. The van der Waals surface area contributed by atoms with E-state index in [1.807, 2.05) is 13.8 Å². The summed E-state index contributed by atoms with van der Waals surface area (Å²) in [6.45, 7) is 5.65. The van der Waals surface area contributed by atoms with Crippen LogP contribution >= 0.6 is 0 Å². The number of amides is 2. The molecular formula is C8H14N2O2. The summed E-state index contributed by atoms with van der Waals surface area (Å²) < 4.78 is 0. The minimum Gasteiger partial charge on any atom is -0.279 e. The average Bonchev–Trinajstić information content (AvgIpc) is 2.12. The molecule has 0 aromatic rings. The molecule has 68 valence electrons. The van der Waals surface area contributed by atoms with Crippen LogP contribution in [0.1, 0.15) is 20.8 Å². The van der Waals surface area contributed by atoms with E-state index < -0.39 is 6.04 Å². The molecule has 0 spiro atoms. The fraction of sp³-hybridized carbons (Fsp3) is 0.625. The van der Waals surface area contributed by atoms with Crippen molar-refractivity contribution in [2.45, 2.75) is 26.8 Å². The molecule has 1 aliphatic heterocycles. The van der Waals surface area contributed by atoms with Crippen LogP contribution in [0, 0.1) is 0 Å². The van der Waals surface area contributed by atoms with E-state index in [0.29, 0.717) is 0 Å². The van der Waals surface area contributed by atoms with E-state index in [0.717, 1.165) is 4.90 Å². The standard InChI is InChI=1S/C6H8N2O2.C2H6/c1-4-6(10)8(2)5(9)3-7-4;1-2/h3-4H,1-2H3;1-2H3. The van der Waals surface area contributed by atoms with E-state index in [9.17, 15) is 9.59 Å². The second-order valence-electron chi connectivity index (χ2n) is 2.19. The quantitative estimate of drug-likeness (QED) is 0.496. The highest BCUT2D eigenvalue weighted by molar-refractivity contribution is 6.31. The van der Waals surface area contributed by atoms with Crippen molar-refractivity contribution in [2.75, 3.05) is 7.05 Å². The molecule has 0 bridgehead atoms. The van der Waals surface area contributed by atoms with E-state index in [1.165, 1.54) is 13.3 Å². The third kappa shape index (κ3) is 2.15. The highest BCUT2D eigenvalue weighted by Crippen LogP contribution is 2.00. The summed E-state index contributed by atoms with van der Waals surface area (Å²) in [4.78, 5) is 26.4. The van der Waals surface area contributed by atoms with Crippen LogP contribution in [0.3, 0.4) is 0 Å². The lowest BCUT2D eigenvalue weighted by Gasteiger charge is -2.19. The Morgan fingerprint density at radius 3 is 2.33 bits per heavy atom. The van der Waals surface area contributed by atoms with E-state index in [1.54, 1.807) is 6.92 Å². The van der Waals surface area contributed by atoms with Crippen LogP contribution in [0.4, 0.5) is 0 Å². The molecule has 1 unspecified atom stereocenters. The Labute approximate surface area is 72.3 Å². The molecule has 1 aliphatic rings. The highest BCUT2D eigenvalue weighted by Gasteiger charge is 2.24. The van der Waals surface area contributed by atoms with Gasteiger partial charge in [-0.1, -0.05) is 13.8 Å². The van der Waals surface area contributed by atoms with Crippen molar-refractivity contribution in [3.05, 3.63) is 0 Å². The third-order valence-corrected chi connectivity index (χ3v) is 1.43. The highest BCUT2D eigenvalue weighted by atomic mass is 16.2. The van der Waals surface area contributed by atoms with Gasteiger partial charge < -0.3 is 0 Å². The molecule has 2 amide bonds. The van der Waals surface area contributed by atoms with E-state index >= 15 is 0 Å². The van der Waals surface area contributed by atoms with Crippen molar-refractivity contribution in [1.82, 2.24) is 4.90 Å². The zero-order valence-corrected chi connectivity index (χ0v) is 7.87. The first-order valence-electron chi connectivity index (χ1n) is 3.97. The van der Waals surface area contributed by atoms with Crippen molar-refractivity contribution in [1.29, 1.82) is 0 Å². The Hall–Kier alpha value is -1.19. The van der Waals surface area contributed by atoms with Crippen LogP contribution in [-0.2, 0) is 9.59 Å². The smallest absolute Gasteiger partial charge is 0.270 e. The average molecular weight is 170 g/mol. The van der Waals surface area contributed by atoms with Gasteiger partial charge in [0.05, 0.1) is 6.21 Å². The van der Waals surface area contributed by atoms with Gasteiger partial charge in [0.2, 0.25) is 0 Å². The van der Waals surface area contributed by atoms with Gasteiger partial charge in [-0.15, -0.1) is 0 Å². The molecule has 1 heterocycles. The number of hydrogen-bond acceptors (Lipinski definition) is 3. The summed E-state index contributed by atoms with van der Waals surface area (Å²) >= 11 is 0. The normalized spacial score (nSPS) is 22.0. The lowest BCUT2D eigenvalue weighted by atomic mass is 10.2. The largest absolute Gasteiger partial charge is 0.279 e. The predicted octanol–water partition coefficient (Wildman–Crippen LogP) is 0.470. The Balaban J connectivity index is 0.000000561. The summed E-state index contributed by atoms with van der Waals surface area (Å²) in [7, 11) is 1.45. The van der Waals surface area contributed by atoms with Crippen molar-refractivity contribution >= 4 is 18.0 Å². The first kappa shape index (κ1) is 10.8. The molecule has 0 saturated heterocycles. The number of aliphatic imine (C=N–C) groups is 1. The van der Waals surface area contributed by atoms with Crippen LogP contribution in [0.15, 0.2) is 4.99 Å². The zero-order valence-electron chi connectivity index (χ0n) is 7.87. The number of rotatable bonds is 0. The number of hydrogen-bond donors (Lipinski definition) is 0. The van der Waals surface area contributed by atoms with Gasteiger partial charge in [-0.3, -0.25) is 19.5 Å². The van der Waals surface area contributed by atoms with Crippen molar-refractivity contribution < 1.29 is 9.59 Å². The van der Waals surface area contributed by atoms with E-state index in [2.05, 4.69) is 4.99 Å². The second kappa shape index (κ2) is 4.64. The van der Waals surface area contributed by atoms with Crippen LogP contribution < -0.4 is 0 Å². The Kier molecular flexibility index (Phi) is 4.18. The molecule has 0 aromatic heterocycles. The summed E-state index contributed by atoms with van der Waals surface area (Å²) in [6, 6.07) is -0.400. The summed E-state index contributed by atoms with van der Waals surface area (Å²) in [5.74, 6) is -0.587. The predicted molar refractivity (Wildman–Crippen MR) is 47.1 cm³/mol. The first-order chi connectivity index (χ1) is 5.63. The summed E-state index contributed by atoms with van der Waals surface area (Å²) in [5.41, 5.74) is 0. The molecule has 1 atom stereocenters. The Bertz CT molecular complexity index is 211. The van der Waals surface area contributed by atoms with Crippen LogP contribution in [0.5, 0.6) is 0 Å². The van der Waals surface area contributed by atoms with Gasteiger partial charge in [0, 0.05) is 7.05 Å². The van der Waals surface area contributed by atoms with Crippen LogP contribution in [0.25, 0.3) is 0 Å². The monoisotopic (exact) mass is 170 g/mol. The van der Waals surface area contributed by atoms with Crippen molar-refractivity contribution in [2.24, 2.45) is 4.99 Å². The lowest BCUT2D eigenvalue weighted by molar-refractivity contribution is -0.140. The first-order valence-corrected chi connectivity index (χ1v) is 3.97. The molecular weight excluding hydrogens is 156 g/mol. The Morgan fingerprint density at radius 2 is 1.92 bits per heavy atom. The van der Waals surface area contributed by atoms with E-state index in [4.69, 9.17) is 0 Å². The van der Waals surface area contributed by atoms with Gasteiger partial charge in [-0.05, 0) is 6.92 Å². The number of nitrogens with zero attached hydrogens (tertiary/aromatic N) is 2. The molecule has 0 saturated carbocycles. The molecule has 0 aliphatic carbocycles. The second-order valence-corrected chi connectivity index (χ2v) is 2.19. The maximum atomic E-state index is 10.9. The fourth-order valence-electron chi connectivity index (χ4n) is 0.715. The molecule has 0 N–H and O–H groups in total. The van der Waals surface area contributed by atoms with Gasteiger partial charge in [0.1, 0.15) is 6.04 Å². The van der Waals surface area contributed by atoms with Gasteiger partial charge in [0.25, 0.3) is 11.8 Å². The molecule has 1 rings (SSSR count). The lowest BCUT2D eigenvalue weighted by Crippen LogP contribution is -2.42. The molecule has 0 fully saturated rings. The maximum absolute atomic E-state index is 10.9. The number of carbonyl (C=O) groups excluding carboxylic acids is 2. The fourth-order valence-corrected chi connectivity index (χ4v) is 0.715. The SMILES string of the molecule is CC.CC1N=CC(=O)N(C)C1=O. The minimum absolute atomic E-state index is 0.243.